The number of rotatable bonds is 7. The van der Waals surface area contributed by atoms with Gasteiger partial charge in [0.1, 0.15) is 17.4 Å². The summed E-state index contributed by atoms with van der Waals surface area (Å²) in [4.78, 5) is 22.6. The van der Waals surface area contributed by atoms with E-state index in [0.29, 0.717) is 33.7 Å². The Morgan fingerprint density at radius 1 is 1.22 bits per heavy atom. The van der Waals surface area contributed by atoms with Crippen molar-refractivity contribution in [2.45, 2.75) is 37.2 Å². The Kier molecular flexibility index (Phi) is 6.77. The SMILES string of the molecule is CC[C@@H](C(=O)Nc1cc(Cl)ccc1C)n1c(SCc2ccc(F)cc2)nc2cccnc21. The molecular weight excluding hydrogens is 447 g/mol. The molecule has 0 fully saturated rings. The van der Waals surface area contributed by atoms with Crippen LogP contribution < -0.4 is 5.32 Å². The maximum Gasteiger partial charge on any atom is 0.247 e. The Morgan fingerprint density at radius 3 is 2.75 bits per heavy atom. The van der Waals surface area contributed by atoms with Crippen LogP contribution in [0.5, 0.6) is 0 Å². The van der Waals surface area contributed by atoms with Crippen molar-refractivity contribution < 1.29 is 9.18 Å². The summed E-state index contributed by atoms with van der Waals surface area (Å²) in [5, 5.41) is 4.26. The molecule has 0 saturated heterocycles. The summed E-state index contributed by atoms with van der Waals surface area (Å²) in [6.07, 6.45) is 2.25. The number of aromatic nitrogens is 3. The van der Waals surface area contributed by atoms with E-state index in [4.69, 9.17) is 16.6 Å². The van der Waals surface area contributed by atoms with Crippen molar-refractivity contribution >= 4 is 46.1 Å². The number of hydrogen-bond donors (Lipinski definition) is 1. The highest BCUT2D eigenvalue weighted by atomic mass is 35.5. The van der Waals surface area contributed by atoms with Crippen LogP contribution in [0.1, 0.15) is 30.5 Å². The molecule has 5 nitrogen and oxygen atoms in total. The smallest absolute Gasteiger partial charge is 0.247 e. The number of fused-ring (bicyclic) bond motifs is 1. The fourth-order valence-electron chi connectivity index (χ4n) is 3.45. The lowest BCUT2D eigenvalue weighted by atomic mass is 10.1. The summed E-state index contributed by atoms with van der Waals surface area (Å²) in [6, 6.07) is 15.0. The van der Waals surface area contributed by atoms with Gasteiger partial charge in [0, 0.05) is 22.7 Å². The van der Waals surface area contributed by atoms with E-state index in [1.165, 1.54) is 23.9 Å². The molecule has 2 aromatic carbocycles. The number of nitrogens with one attached hydrogen (secondary N) is 1. The maximum absolute atomic E-state index is 13.3. The Bertz CT molecular complexity index is 1260. The first kappa shape index (κ1) is 22.3. The third-order valence-corrected chi connectivity index (χ3v) is 6.42. The van der Waals surface area contributed by atoms with Gasteiger partial charge in [-0.15, -0.1) is 0 Å². The predicted molar refractivity (Wildman–Crippen MR) is 128 cm³/mol. The molecule has 0 aliphatic heterocycles. The minimum Gasteiger partial charge on any atom is -0.324 e. The van der Waals surface area contributed by atoms with Crippen molar-refractivity contribution in [1.29, 1.82) is 0 Å². The van der Waals surface area contributed by atoms with Crippen LogP contribution in [0.15, 0.2) is 66.0 Å². The maximum atomic E-state index is 13.3. The number of pyridine rings is 1. The van der Waals surface area contributed by atoms with Crippen LogP contribution in [0.2, 0.25) is 5.02 Å². The minimum atomic E-state index is -0.510. The van der Waals surface area contributed by atoms with Gasteiger partial charge in [-0.3, -0.25) is 9.36 Å². The number of carbonyl (C=O) groups excluding carboxylic acids is 1. The number of aryl methyl sites for hydroxylation is 1. The summed E-state index contributed by atoms with van der Waals surface area (Å²) < 4.78 is 15.1. The molecule has 2 heterocycles. The molecule has 0 saturated carbocycles. The number of carbonyl (C=O) groups is 1. The fourth-order valence-corrected chi connectivity index (χ4v) is 4.63. The van der Waals surface area contributed by atoms with Gasteiger partial charge in [-0.05, 0) is 60.9 Å². The van der Waals surface area contributed by atoms with Crippen molar-refractivity contribution in [2.75, 3.05) is 5.32 Å². The molecule has 1 N–H and O–H groups in total. The summed E-state index contributed by atoms with van der Waals surface area (Å²) in [7, 11) is 0. The van der Waals surface area contributed by atoms with E-state index in [-0.39, 0.29) is 11.7 Å². The van der Waals surface area contributed by atoms with Gasteiger partial charge in [-0.1, -0.05) is 48.5 Å². The van der Waals surface area contributed by atoms with E-state index in [9.17, 15) is 9.18 Å². The van der Waals surface area contributed by atoms with E-state index in [1.54, 1.807) is 30.5 Å². The fraction of sp³-hybridized carbons (Fsp3) is 0.208. The third-order valence-electron chi connectivity index (χ3n) is 5.16. The Balaban J connectivity index is 1.67. The van der Waals surface area contributed by atoms with Crippen LogP contribution in [-0.2, 0) is 10.5 Å². The molecular formula is C24H22ClFN4OS. The molecule has 0 bridgehead atoms. The van der Waals surface area contributed by atoms with Crippen molar-refractivity contribution in [2.24, 2.45) is 0 Å². The Morgan fingerprint density at radius 2 is 2.00 bits per heavy atom. The predicted octanol–water partition coefficient (Wildman–Crippen LogP) is 6.41. The zero-order valence-electron chi connectivity index (χ0n) is 17.7. The molecule has 0 aliphatic rings. The molecule has 0 unspecified atom stereocenters. The lowest BCUT2D eigenvalue weighted by Crippen LogP contribution is -2.26. The molecule has 0 spiro atoms. The van der Waals surface area contributed by atoms with Gasteiger partial charge in [-0.2, -0.15) is 0 Å². The first-order chi connectivity index (χ1) is 15.5. The van der Waals surface area contributed by atoms with E-state index in [0.717, 1.165) is 16.6 Å². The lowest BCUT2D eigenvalue weighted by Gasteiger charge is -2.20. The molecule has 2 aromatic heterocycles. The van der Waals surface area contributed by atoms with E-state index < -0.39 is 6.04 Å². The Hall–Kier alpha value is -2.90. The van der Waals surface area contributed by atoms with Crippen LogP contribution in [0.3, 0.4) is 0 Å². The first-order valence-corrected chi connectivity index (χ1v) is 11.6. The van der Waals surface area contributed by atoms with Gasteiger partial charge >= 0.3 is 0 Å². The molecule has 0 radical (unpaired) electrons. The van der Waals surface area contributed by atoms with Crippen LogP contribution in [0.4, 0.5) is 10.1 Å². The number of halogens is 2. The largest absolute Gasteiger partial charge is 0.324 e. The molecule has 164 valence electrons. The number of imidazole rings is 1. The zero-order valence-corrected chi connectivity index (χ0v) is 19.3. The molecule has 0 aliphatic carbocycles. The first-order valence-electron chi connectivity index (χ1n) is 10.2. The summed E-state index contributed by atoms with van der Waals surface area (Å²) in [6.45, 7) is 3.88. The molecule has 4 rings (SSSR count). The second kappa shape index (κ2) is 9.71. The summed E-state index contributed by atoms with van der Waals surface area (Å²) >= 11 is 7.62. The summed E-state index contributed by atoms with van der Waals surface area (Å²) in [5.74, 6) is 0.162. The van der Waals surface area contributed by atoms with Gasteiger partial charge in [0.15, 0.2) is 10.8 Å². The Labute approximate surface area is 195 Å². The highest BCUT2D eigenvalue weighted by molar-refractivity contribution is 7.98. The van der Waals surface area contributed by atoms with Crippen molar-refractivity contribution in [3.8, 4) is 0 Å². The van der Waals surface area contributed by atoms with Crippen LogP contribution in [0.25, 0.3) is 11.2 Å². The normalized spacial score (nSPS) is 12.1. The quantitative estimate of drug-likeness (QED) is 0.318. The van der Waals surface area contributed by atoms with Crippen molar-refractivity contribution in [1.82, 2.24) is 14.5 Å². The average molecular weight is 469 g/mol. The van der Waals surface area contributed by atoms with Gasteiger partial charge in [0.25, 0.3) is 0 Å². The number of hydrogen-bond acceptors (Lipinski definition) is 4. The molecule has 32 heavy (non-hydrogen) atoms. The monoisotopic (exact) mass is 468 g/mol. The molecule has 8 heteroatoms. The number of benzene rings is 2. The van der Waals surface area contributed by atoms with Gasteiger partial charge < -0.3 is 5.32 Å². The van der Waals surface area contributed by atoms with E-state index in [2.05, 4.69) is 10.3 Å². The standard InChI is InChI=1S/C24H22ClFN4OS/c1-3-21(23(31)28-20-13-17(25)9-6-15(20)2)30-22-19(5-4-12-27-22)29-24(30)32-14-16-7-10-18(26)11-8-16/h4-13,21H,3,14H2,1-2H3,(H,28,31)/t21-/m0/s1. The van der Waals surface area contributed by atoms with Crippen LogP contribution in [0, 0.1) is 12.7 Å². The highest BCUT2D eigenvalue weighted by Crippen LogP contribution is 2.31. The average Bonchev–Trinajstić information content (AvgIpc) is 3.15. The summed E-state index contributed by atoms with van der Waals surface area (Å²) in [5.41, 5.74) is 3.95. The minimum absolute atomic E-state index is 0.161. The number of anilines is 1. The second-order valence-electron chi connectivity index (χ2n) is 7.40. The van der Waals surface area contributed by atoms with Gasteiger partial charge in [0.2, 0.25) is 5.91 Å². The second-order valence-corrected chi connectivity index (χ2v) is 8.78. The van der Waals surface area contributed by atoms with Crippen LogP contribution >= 0.6 is 23.4 Å². The van der Waals surface area contributed by atoms with Crippen molar-refractivity contribution in [3.63, 3.8) is 0 Å². The number of thioether (sulfide) groups is 1. The molecule has 1 amide bonds. The topological polar surface area (TPSA) is 59.8 Å². The number of nitrogens with zero attached hydrogens (tertiary/aromatic N) is 3. The van der Waals surface area contributed by atoms with Crippen molar-refractivity contribution in [3.05, 3.63) is 82.8 Å². The molecule has 1 atom stereocenters. The molecule has 4 aromatic rings. The third kappa shape index (κ3) is 4.79. The van der Waals surface area contributed by atoms with E-state index in [1.807, 2.05) is 36.6 Å². The number of amides is 1. The lowest BCUT2D eigenvalue weighted by molar-refractivity contribution is -0.119. The van der Waals surface area contributed by atoms with E-state index >= 15 is 0 Å². The highest BCUT2D eigenvalue weighted by Gasteiger charge is 2.25. The van der Waals surface area contributed by atoms with Gasteiger partial charge in [-0.25, -0.2) is 14.4 Å². The van der Waals surface area contributed by atoms with Crippen LogP contribution in [-0.4, -0.2) is 20.4 Å². The van der Waals surface area contributed by atoms with Gasteiger partial charge in [0.05, 0.1) is 0 Å². The zero-order chi connectivity index (χ0) is 22.7.